The number of piperidine rings is 1. The summed E-state index contributed by atoms with van der Waals surface area (Å²) in [6.45, 7) is 2.28. The number of rotatable bonds is 7. The molecule has 0 saturated carbocycles. The monoisotopic (exact) mass is 538 g/mol. The quantitative estimate of drug-likeness (QED) is 0.197. The van der Waals surface area contributed by atoms with E-state index in [2.05, 4.69) is 29.8 Å². The van der Waals surface area contributed by atoms with Crippen LogP contribution in [0.1, 0.15) is 32.0 Å². The van der Waals surface area contributed by atoms with Crippen molar-refractivity contribution in [2.45, 2.75) is 37.6 Å². The summed E-state index contributed by atoms with van der Waals surface area (Å²) in [6.07, 6.45) is 5.00. The van der Waals surface area contributed by atoms with Crippen LogP contribution in [0.2, 0.25) is 0 Å². The predicted octanol–water partition coefficient (Wildman–Crippen LogP) is 0.780. The molecule has 1 aromatic heterocycles. The normalized spacial score (nSPS) is 22.4. The Balaban J connectivity index is 1.40. The Labute approximate surface area is 215 Å². The highest BCUT2D eigenvalue weighted by Gasteiger charge is 2.51. The number of alkyl halides is 1. The molecular formula is C20H27FN10O3S2. The van der Waals surface area contributed by atoms with Crippen molar-refractivity contribution in [3.05, 3.63) is 17.1 Å². The van der Waals surface area contributed by atoms with Crippen molar-refractivity contribution in [2.75, 3.05) is 38.5 Å². The number of amides is 2. The van der Waals surface area contributed by atoms with E-state index in [4.69, 9.17) is 11.1 Å². The van der Waals surface area contributed by atoms with E-state index in [-0.39, 0.29) is 27.9 Å². The number of thioether (sulfide) groups is 1. The van der Waals surface area contributed by atoms with Crippen LogP contribution < -0.4 is 11.1 Å². The summed E-state index contributed by atoms with van der Waals surface area (Å²) >= 11 is 2.32. The van der Waals surface area contributed by atoms with Gasteiger partial charge in [0.15, 0.2) is 5.13 Å². The molecule has 16 heteroatoms. The second kappa shape index (κ2) is 11.2. The van der Waals surface area contributed by atoms with Gasteiger partial charge in [-0.05, 0) is 26.2 Å². The van der Waals surface area contributed by atoms with Gasteiger partial charge in [0.2, 0.25) is 17.5 Å². The number of oxime groups is 1. The highest BCUT2D eigenvalue weighted by atomic mass is 32.2. The third-order valence-corrected chi connectivity index (χ3v) is 7.83. The van der Waals surface area contributed by atoms with Crippen LogP contribution in [0.25, 0.3) is 0 Å². The number of nitrogens with one attached hydrogen (secondary N) is 2. The van der Waals surface area contributed by atoms with Gasteiger partial charge >= 0.3 is 0 Å². The van der Waals surface area contributed by atoms with E-state index in [9.17, 15) is 14.0 Å². The number of fused-ring (bicyclic) bond motifs is 1. The van der Waals surface area contributed by atoms with E-state index in [0.717, 1.165) is 48.7 Å². The van der Waals surface area contributed by atoms with Gasteiger partial charge in [-0.2, -0.15) is 14.5 Å². The molecule has 36 heavy (non-hydrogen) atoms. The average Bonchev–Trinajstić information content (AvgIpc) is 3.31. The number of nitrogens with zero attached hydrogens (tertiary/aromatic N) is 7. The molecule has 0 bridgehead atoms. The smallest absolute Gasteiger partial charge is 0.278 e. The Morgan fingerprint density at radius 1 is 1.42 bits per heavy atom. The van der Waals surface area contributed by atoms with E-state index in [0.29, 0.717) is 11.7 Å². The molecule has 13 nitrogen and oxygen atoms in total. The molecular weight excluding hydrogens is 511 g/mol. The number of hydrogen-bond acceptors (Lipinski definition) is 11. The minimum absolute atomic E-state index is 0.103. The van der Waals surface area contributed by atoms with Crippen molar-refractivity contribution in [3.8, 4) is 0 Å². The Kier molecular flexibility index (Phi) is 8.03. The highest BCUT2D eigenvalue weighted by Crippen LogP contribution is 2.39. The molecule has 0 unspecified atom stereocenters. The van der Waals surface area contributed by atoms with Gasteiger partial charge in [0, 0.05) is 48.7 Å². The number of allylic oxidation sites excluding steroid dienone is 1. The van der Waals surface area contributed by atoms with Crippen LogP contribution in [-0.2, 0) is 14.4 Å². The van der Waals surface area contributed by atoms with Gasteiger partial charge in [-0.1, -0.05) is 5.16 Å². The number of hydrazone groups is 1. The van der Waals surface area contributed by atoms with Gasteiger partial charge in [-0.25, -0.2) is 9.40 Å². The van der Waals surface area contributed by atoms with Gasteiger partial charge in [0.1, 0.15) is 11.4 Å². The Morgan fingerprint density at radius 2 is 2.17 bits per heavy atom. The number of hydrogen-bond donors (Lipinski definition) is 3. The molecule has 2 saturated heterocycles. The van der Waals surface area contributed by atoms with E-state index >= 15 is 0 Å². The lowest BCUT2D eigenvalue weighted by atomic mass is 10.0. The van der Waals surface area contributed by atoms with Crippen molar-refractivity contribution in [3.63, 3.8) is 0 Å². The topological polar surface area (TPSA) is 165 Å². The first kappa shape index (κ1) is 25.8. The third-order valence-electron chi connectivity index (χ3n) is 5.99. The first-order valence-corrected chi connectivity index (χ1v) is 13.1. The van der Waals surface area contributed by atoms with Crippen molar-refractivity contribution < 1.29 is 18.8 Å². The van der Waals surface area contributed by atoms with Gasteiger partial charge < -0.3 is 20.8 Å². The van der Waals surface area contributed by atoms with Crippen LogP contribution in [0.3, 0.4) is 0 Å². The van der Waals surface area contributed by atoms with Crippen molar-refractivity contribution >= 4 is 58.1 Å². The summed E-state index contributed by atoms with van der Waals surface area (Å²) in [7, 11) is 1.74. The van der Waals surface area contributed by atoms with Crippen LogP contribution in [0.15, 0.2) is 21.5 Å². The van der Waals surface area contributed by atoms with Gasteiger partial charge in [-0.15, -0.1) is 11.8 Å². The molecule has 194 valence electrons. The van der Waals surface area contributed by atoms with E-state index < -0.39 is 18.8 Å². The van der Waals surface area contributed by atoms with Crippen molar-refractivity contribution in [1.29, 1.82) is 5.41 Å². The van der Waals surface area contributed by atoms with Gasteiger partial charge in [0.05, 0.1) is 6.21 Å². The number of nitrogens with two attached hydrogens (primary N) is 1. The van der Waals surface area contributed by atoms with E-state index in [1.807, 2.05) is 11.8 Å². The lowest BCUT2D eigenvalue weighted by Crippen LogP contribution is -2.70. The average molecular weight is 539 g/mol. The first-order valence-electron chi connectivity index (χ1n) is 11.2. The molecule has 4 N–H and O–H groups in total. The zero-order valence-corrected chi connectivity index (χ0v) is 21.4. The maximum absolute atomic E-state index is 12.9. The Morgan fingerprint density at radius 3 is 2.83 bits per heavy atom. The third kappa shape index (κ3) is 5.28. The molecule has 2 fully saturated rings. The summed E-state index contributed by atoms with van der Waals surface area (Å²) in [5.74, 6) is -0.269. The maximum atomic E-state index is 12.9. The number of carbonyl (C=O) groups is 2. The minimum atomic E-state index is -1.24. The second-order valence-corrected chi connectivity index (χ2v) is 10.1. The number of nitrogen functional groups attached to an aromatic ring is 1. The molecule has 0 aromatic carbocycles. The number of anilines is 1. The summed E-state index contributed by atoms with van der Waals surface area (Å²) in [6, 6.07) is -0.808. The predicted molar refractivity (Wildman–Crippen MR) is 135 cm³/mol. The first-order chi connectivity index (χ1) is 17.3. The lowest BCUT2D eigenvalue weighted by Gasteiger charge is -2.49. The molecule has 4 rings (SSSR count). The maximum Gasteiger partial charge on any atom is 0.278 e. The van der Waals surface area contributed by atoms with E-state index in [1.165, 1.54) is 23.2 Å². The fraction of sp³-hybridized carbons (Fsp3) is 0.550. The Hall–Kier alpha value is -3.27. The van der Waals surface area contributed by atoms with Crippen LogP contribution in [0.4, 0.5) is 9.52 Å². The summed E-state index contributed by atoms with van der Waals surface area (Å²) in [5, 5.41) is 20.2. The van der Waals surface area contributed by atoms with Crippen molar-refractivity contribution in [2.24, 2.45) is 10.3 Å². The molecule has 3 aliphatic rings. The Bertz CT molecular complexity index is 1120. The molecule has 2 amide bonds. The fourth-order valence-electron chi connectivity index (χ4n) is 4.02. The van der Waals surface area contributed by atoms with Crippen LogP contribution in [-0.4, -0.2) is 98.0 Å². The number of halogens is 1. The number of aromatic nitrogens is 2. The zero-order valence-electron chi connectivity index (χ0n) is 19.8. The number of likely N-dealkylation sites (tertiary alicyclic amines) is 1. The van der Waals surface area contributed by atoms with Gasteiger partial charge in [-0.3, -0.25) is 19.9 Å². The lowest BCUT2D eigenvalue weighted by molar-refractivity contribution is -0.144. The zero-order chi connectivity index (χ0) is 25.8. The number of guanidine groups is 1. The molecule has 2 atom stereocenters. The second-order valence-electron chi connectivity index (χ2n) is 8.25. The van der Waals surface area contributed by atoms with E-state index in [1.54, 1.807) is 18.2 Å². The van der Waals surface area contributed by atoms with Crippen molar-refractivity contribution in [1.82, 2.24) is 29.5 Å². The SMILES string of the molecule is CC1=C(/C=N\N(C)C(=N)N2CCCCC2)CS[C@@H]2[C@H](NC(=O)/C(=N/OCF)c3nsc(N)n3)C(=O)N12. The molecule has 4 heterocycles. The molecule has 1 aromatic rings. The van der Waals surface area contributed by atoms with Crippen LogP contribution >= 0.6 is 23.3 Å². The largest absolute Gasteiger partial charge is 0.374 e. The van der Waals surface area contributed by atoms with Gasteiger partial charge in [0.25, 0.3) is 18.7 Å². The fourth-order valence-corrected chi connectivity index (χ4v) is 5.88. The summed E-state index contributed by atoms with van der Waals surface area (Å²) < 4.78 is 16.4. The minimum Gasteiger partial charge on any atom is -0.374 e. The van der Waals surface area contributed by atoms with Crippen LogP contribution in [0, 0.1) is 5.41 Å². The number of β-lactam (4-membered cyclic amide) rings is 1. The molecule has 0 spiro atoms. The number of carbonyl (C=O) groups excluding carboxylic acids is 2. The summed E-state index contributed by atoms with van der Waals surface area (Å²) in [5.41, 5.74) is 6.79. The van der Waals surface area contributed by atoms with Crippen LogP contribution in [0.5, 0.6) is 0 Å². The molecule has 3 aliphatic heterocycles. The highest BCUT2D eigenvalue weighted by molar-refractivity contribution is 8.00. The molecule has 0 aliphatic carbocycles. The standard InChI is InChI=1S/C20H27FN10O3S2/c1-11-12(8-24-29(2)20(23)30-6-4-3-5-7-30)9-35-18-14(17(33)31(11)18)25-16(32)13(27-34-10-21)15-26-19(22)36-28-15/h8,14,18,23H,3-7,9-10H2,1-2H3,(H,25,32)(H2,22,26,28)/b23-20?,24-8-,27-13+/t14-,18-/m1/s1. The molecule has 0 radical (unpaired) electrons. The summed E-state index contributed by atoms with van der Waals surface area (Å²) in [4.78, 5) is 37.6.